The van der Waals surface area contributed by atoms with Gasteiger partial charge in [0.05, 0.1) is 23.5 Å². The predicted octanol–water partition coefficient (Wildman–Crippen LogP) is 3.67. The van der Waals surface area contributed by atoms with Crippen LogP contribution in [0, 0.1) is 0 Å². The van der Waals surface area contributed by atoms with E-state index < -0.39 is 0 Å². The van der Waals surface area contributed by atoms with E-state index in [1.54, 1.807) is 0 Å². The van der Waals surface area contributed by atoms with E-state index in [0.29, 0.717) is 11.8 Å². The van der Waals surface area contributed by atoms with E-state index in [1.165, 1.54) is 12.8 Å². The summed E-state index contributed by atoms with van der Waals surface area (Å²) >= 11 is 8.04. The van der Waals surface area contributed by atoms with Crippen LogP contribution in [0.5, 0.6) is 0 Å². The lowest BCUT2D eigenvalue weighted by Crippen LogP contribution is -2.35. The summed E-state index contributed by atoms with van der Waals surface area (Å²) < 4.78 is 0. The lowest BCUT2D eigenvalue weighted by atomic mass is 10.1. The maximum absolute atomic E-state index is 6.06. The molecule has 106 valence electrons. The molecule has 0 bridgehead atoms. The number of anilines is 1. The maximum Gasteiger partial charge on any atom is 0.131 e. The van der Waals surface area contributed by atoms with Crippen molar-refractivity contribution in [2.24, 2.45) is 0 Å². The molecule has 0 unspecified atom stereocenters. The second-order valence-corrected chi connectivity index (χ2v) is 6.68. The molecule has 1 aliphatic rings. The van der Waals surface area contributed by atoms with Crippen LogP contribution < -0.4 is 4.90 Å². The van der Waals surface area contributed by atoms with Gasteiger partial charge >= 0.3 is 0 Å². The summed E-state index contributed by atoms with van der Waals surface area (Å²) in [5.74, 6) is 1.69. The van der Waals surface area contributed by atoms with Crippen molar-refractivity contribution in [2.45, 2.75) is 43.7 Å². The number of hydrogen-bond acceptors (Lipinski definition) is 4. The van der Waals surface area contributed by atoms with Gasteiger partial charge in [0.15, 0.2) is 0 Å². The van der Waals surface area contributed by atoms with E-state index in [1.807, 2.05) is 18.0 Å². The Kier molecular flexibility index (Phi) is 5.34. The largest absolute Gasteiger partial charge is 0.369 e. The van der Waals surface area contributed by atoms with Crippen LogP contribution in [-0.4, -0.2) is 34.6 Å². The lowest BCUT2D eigenvalue weighted by Gasteiger charge is -2.33. The highest BCUT2D eigenvalue weighted by Crippen LogP contribution is 2.28. The van der Waals surface area contributed by atoms with Gasteiger partial charge in [-0.1, -0.05) is 13.8 Å². The Bertz CT molecular complexity index is 417. The summed E-state index contributed by atoms with van der Waals surface area (Å²) in [6.07, 6.45) is 6.62. The van der Waals surface area contributed by atoms with Gasteiger partial charge in [0.25, 0.3) is 0 Å². The minimum Gasteiger partial charge on any atom is -0.369 e. The van der Waals surface area contributed by atoms with Crippen LogP contribution in [0.3, 0.4) is 0 Å². The highest BCUT2D eigenvalue weighted by Gasteiger charge is 2.21. The SMILES string of the molecule is CSC1CCN(c2cnc(C(C)C)nc2CCl)CC1. The fourth-order valence-electron chi connectivity index (χ4n) is 2.40. The topological polar surface area (TPSA) is 29.0 Å². The molecule has 2 rings (SSSR count). The van der Waals surface area contributed by atoms with Crippen LogP contribution in [-0.2, 0) is 5.88 Å². The Balaban J connectivity index is 2.16. The molecule has 0 radical (unpaired) electrons. The molecule has 1 saturated heterocycles. The summed E-state index contributed by atoms with van der Waals surface area (Å²) in [6.45, 7) is 6.38. The molecule has 0 spiro atoms. The van der Waals surface area contributed by atoms with Crippen LogP contribution in [0.2, 0.25) is 0 Å². The molecule has 1 fully saturated rings. The minimum atomic E-state index is 0.346. The number of halogens is 1. The van der Waals surface area contributed by atoms with Gasteiger partial charge in [-0.15, -0.1) is 11.6 Å². The third-order valence-corrected chi connectivity index (χ3v) is 5.01. The second kappa shape index (κ2) is 6.80. The Labute approximate surface area is 125 Å². The number of thioether (sulfide) groups is 1. The summed E-state index contributed by atoms with van der Waals surface area (Å²) in [6, 6.07) is 0. The highest BCUT2D eigenvalue weighted by atomic mass is 35.5. The van der Waals surface area contributed by atoms with Gasteiger partial charge < -0.3 is 4.90 Å². The minimum absolute atomic E-state index is 0.346. The van der Waals surface area contributed by atoms with Gasteiger partial charge in [0.1, 0.15) is 5.82 Å². The predicted molar refractivity (Wildman–Crippen MR) is 84.4 cm³/mol. The molecular formula is C14H22ClN3S. The van der Waals surface area contributed by atoms with Crippen molar-refractivity contribution in [1.82, 2.24) is 9.97 Å². The van der Waals surface area contributed by atoms with E-state index in [4.69, 9.17) is 11.6 Å². The van der Waals surface area contributed by atoms with Crippen LogP contribution >= 0.6 is 23.4 Å². The van der Waals surface area contributed by atoms with Gasteiger partial charge in [-0.2, -0.15) is 11.8 Å². The number of rotatable bonds is 4. The zero-order valence-corrected chi connectivity index (χ0v) is 13.5. The van der Waals surface area contributed by atoms with Gasteiger partial charge in [-0.3, -0.25) is 0 Å². The van der Waals surface area contributed by atoms with Crippen LogP contribution in [0.4, 0.5) is 5.69 Å². The van der Waals surface area contributed by atoms with Crippen molar-refractivity contribution >= 4 is 29.1 Å². The third kappa shape index (κ3) is 3.54. The quantitative estimate of drug-likeness (QED) is 0.793. The summed E-state index contributed by atoms with van der Waals surface area (Å²) in [5.41, 5.74) is 2.10. The summed E-state index contributed by atoms with van der Waals surface area (Å²) in [7, 11) is 0. The molecule has 0 amide bonds. The van der Waals surface area contributed by atoms with Crippen LogP contribution in [0.15, 0.2) is 6.20 Å². The Morgan fingerprint density at radius 2 is 2.11 bits per heavy atom. The first kappa shape index (κ1) is 14.9. The fourth-order valence-corrected chi connectivity index (χ4v) is 3.28. The normalized spacial score (nSPS) is 17.2. The molecular weight excluding hydrogens is 278 g/mol. The number of piperidine rings is 1. The second-order valence-electron chi connectivity index (χ2n) is 5.27. The van der Waals surface area contributed by atoms with Crippen molar-refractivity contribution in [3.05, 3.63) is 17.7 Å². The first-order chi connectivity index (χ1) is 9.15. The number of hydrogen-bond donors (Lipinski definition) is 0. The van der Waals surface area contributed by atoms with E-state index in [0.717, 1.165) is 35.5 Å². The van der Waals surface area contributed by atoms with Gasteiger partial charge in [-0.25, -0.2) is 9.97 Å². The van der Waals surface area contributed by atoms with Gasteiger partial charge in [0.2, 0.25) is 0 Å². The molecule has 0 atom stereocenters. The maximum atomic E-state index is 6.06. The Morgan fingerprint density at radius 1 is 1.42 bits per heavy atom. The first-order valence-corrected chi connectivity index (χ1v) is 8.67. The van der Waals surface area contributed by atoms with Gasteiger partial charge in [0, 0.05) is 24.3 Å². The van der Waals surface area contributed by atoms with Crippen molar-refractivity contribution < 1.29 is 0 Å². The highest BCUT2D eigenvalue weighted by molar-refractivity contribution is 7.99. The van der Waals surface area contributed by atoms with Crippen LogP contribution in [0.1, 0.15) is 44.1 Å². The third-order valence-electron chi connectivity index (χ3n) is 3.62. The van der Waals surface area contributed by atoms with Crippen molar-refractivity contribution in [3.63, 3.8) is 0 Å². The summed E-state index contributed by atoms with van der Waals surface area (Å²) in [4.78, 5) is 11.5. The fraction of sp³-hybridized carbons (Fsp3) is 0.714. The monoisotopic (exact) mass is 299 g/mol. The molecule has 3 nitrogen and oxygen atoms in total. The van der Waals surface area contributed by atoms with Crippen molar-refractivity contribution in [2.75, 3.05) is 24.2 Å². The molecule has 1 aromatic heterocycles. The molecule has 0 saturated carbocycles. The van der Waals surface area contributed by atoms with Crippen molar-refractivity contribution in [3.8, 4) is 0 Å². The Morgan fingerprint density at radius 3 is 2.63 bits per heavy atom. The number of alkyl halides is 1. The zero-order valence-electron chi connectivity index (χ0n) is 11.9. The molecule has 19 heavy (non-hydrogen) atoms. The molecule has 0 aromatic carbocycles. The smallest absolute Gasteiger partial charge is 0.131 e. The Hall–Kier alpha value is -0.480. The molecule has 2 heterocycles. The van der Waals surface area contributed by atoms with E-state index >= 15 is 0 Å². The molecule has 0 aliphatic carbocycles. The van der Waals surface area contributed by atoms with Gasteiger partial charge in [-0.05, 0) is 19.1 Å². The van der Waals surface area contributed by atoms with E-state index in [-0.39, 0.29) is 0 Å². The number of aromatic nitrogens is 2. The molecule has 1 aromatic rings. The standard InChI is InChI=1S/C14H22ClN3S/c1-10(2)14-16-9-13(12(8-15)17-14)18-6-4-11(19-3)5-7-18/h9-11H,4-8H2,1-3H3. The molecule has 0 N–H and O–H groups in total. The average Bonchev–Trinajstić information content (AvgIpc) is 2.46. The van der Waals surface area contributed by atoms with E-state index in [9.17, 15) is 0 Å². The molecule has 1 aliphatic heterocycles. The number of nitrogens with zero attached hydrogens (tertiary/aromatic N) is 3. The van der Waals surface area contributed by atoms with E-state index in [2.05, 4.69) is 35.0 Å². The van der Waals surface area contributed by atoms with Crippen molar-refractivity contribution in [1.29, 1.82) is 0 Å². The van der Waals surface area contributed by atoms with Crippen LogP contribution in [0.25, 0.3) is 0 Å². The molecule has 5 heteroatoms. The first-order valence-electron chi connectivity index (χ1n) is 6.85. The average molecular weight is 300 g/mol. The summed E-state index contributed by atoms with van der Waals surface area (Å²) in [5, 5.41) is 0.798. The zero-order chi connectivity index (χ0) is 13.8. The lowest BCUT2D eigenvalue weighted by molar-refractivity contribution is 0.587.